The number of unbranched alkanes of at least 4 members (excludes halogenated alkanes) is 2. The van der Waals surface area contributed by atoms with Crippen LogP contribution in [0.25, 0.3) is 0 Å². The summed E-state index contributed by atoms with van der Waals surface area (Å²) in [6.07, 6.45) is 5.78. The average Bonchev–Trinajstić information content (AvgIpc) is 2.10. The van der Waals surface area contributed by atoms with E-state index >= 15 is 0 Å². The molecule has 1 atom stereocenters. The van der Waals surface area contributed by atoms with Crippen LogP contribution < -0.4 is 5.73 Å². The van der Waals surface area contributed by atoms with Crippen LogP contribution in [0.15, 0.2) is 0 Å². The van der Waals surface area contributed by atoms with Crippen LogP contribution in [-0.2, 0) is 4.79 Å². The first kappa shape index (κ1) is 11.6. The van der Waals surface area contributed by atoms with Gasteiger partial charge in [-0.15, -0.1) is 0 Å². The molecule has 0 aromatic rings. The Balaban J connectivity index is 3.47. The third-order valence-electron chi connectivity index (χ3n) is 2.06. The Morgan fingerprint density at radius 3 is 2.33 bits per heavy atom. The van der Waals surface area contributed by atoms with E-state index in [1.54, 1.807) is 0 Å². The van der Waals surface area contributed by atoms with Gasteiger partial charge in [-0.3, -0.25) is 4.79 Å². The van der Waals surface area contributed by atoms with E-state index in [4.69, 9.17) is 5.73 Å². The second-order valence-electron chi connectivity index (χ2n) is 3.32. The highest BCUT2D eigenvalue weighted by atomic mass is 16.1. The van der Waals surface area contributed by atoms with Crippen molar-refractivity contribution in [3.63, 3.8) is 0 Å². The van der Waals surface area contributed by atoms with E-state index < -0.39 is 0 Å². The minimum Gasteiger partial charge on any atom is -0.322 e. The summed E-state index contributed by atoms with van der Waals surface area (Å²) in [6.45, 7) is 4.20. The maximum atomic E-state index is 11.3. The quantitative estimate of drug-likeness (QED) is 0.638. The van der Waals surface area contributed by atoms with Gasteiger partial charge in [0.05, 0.1) is 6.04 Å². The Bertz CT molecular complexity index is 123. The molecule has 0 saturated carbocycles. The number of carbonyl (C=O) groups excluding carboxylic acids is 1. The molecule has 2 heteroatoms. The molecule has 0 amide bonds. The molecule has 0 aliphatic heterocycles. The van der Waals surface area contributed by atoms with Gasteiger partial charge in [-0.1, -0.05) is 33.1 Å². The van der Waals surface area contributed by atoms with Gasteiger partial charge in [0.1, 0.15) is 5.78 Å². The smallest absolute Gasteiger partial charge is 0.149 e. The lowest BCUT2D eigenvalue weighted by molar-refractivity contribution is -0.120. The Morgan fingerprint density at radius 1 is 1.25 bits per heavy atom. The monoisotopic (exact) mass is 171 g/mol. The lowest BCUT2D eigenvalue weighted by atomic mass is 10.0. The van der Waals surface area contributed by atoms with Crippen LogP contribution in [0, 0.1) is 0 Å². The van der Waals surface area contributed by atoms with Crippen LogP contribution >= 0.6 is 0 Å². The fraction of sp³-hybridized carbons (Fsp3) is 0.900. The summed E-state index contributed by atoms with van der Waals surface area (Å²) in [6, 6.07) is -0.198. The van der Waals surface area contributed by atoms with Crippen molar-refractivity contribution in [1.82, 2.24) is 0 Å². The summed E-state index contributed by atoms with van der Waals surface area (Å²) in [5.41, 5.74) is 5.69. The van der Waals surface area contributed by atoms with Gasteiger partial charge in [-0.2, -0.15) is 0 Å². The van der Waals surface area contributed by atoms with E-state index in [0.29, 0.717) is 6.42 Å². The Labute approximate surface area is 75.5 Å². The number of hydrogen-bond donors (Lipinski definition) is 1. The fourth-order valence-corrected chi connectivity index (χ4v) is 1.12. The summed E-state index contributed by atoms with van der Waals surface area (Å²) < 4.78 is 0. The van der Waals surface area contributed by atoms with E-state index in [0.717, 1.165) is 32.1 Å². The minimum absolute atomic E-state index is 0.198. The molecule has 12 heavy (non-hydrogen) atoms. The summed E-state index contributed by atoms with van der Waals surface area (Å²) in [5, 5.41) is 0. The second-order valence-corrected chi connectivity index (χ2v) is 3.32. The number of nitrogens with two attached hydrogens (primary N) is 1. The molecule has 0 spiro atoms. The molecule has 2 N–H and O–H groups in total. The van der Waals surface area contributed by atoms with Gasteiger partial charge < -0.3 is 5.73 Å². The highest BCUT2D eigenvalue weighted by Gasteiger charge is 2.10. The van der Waals surface area contributed by atoms with Crippen LogP contribution in [0.5, 0.6) is 0 Å². The van der Waals surface area contributed by atoms with Crippen molar-refractivity contribution >= 4 is 5.78 Å². The highest BCUT2D eigenvalue weighted by molar-refractivity contribution is 5.83. The van der Waals surface area contributed by atoms with Crippen LogP contribution in [0.4, 0.5) is 0 Å². The summed E-state index contributed by atoms with van der Waals surface area (Å²) in [7, 11) is 0. The Morgan fingerprint density at radius 2 is 1.83 bits per heavy atom. The Kier molecular flexibility index (Phi) is 7.06. The number of ketones is 1. The standard InChI is InChI=1S/C10H21NO/c1-3-5-7-9(11)10(12)8-6-4-2/h9H,3-8,11H2,1-2H3. The lowest BCUT2D eigenvalue weighted by Gasteiger charge is -2.08. The van der Waals surface area contributed by atoms with E-state index in [2.05, 4.69) is 13.8 Å². The van der Waals surface area contributed by atoms with E-state index in [-0.39, 0.29) is 11.8 Å². The van der Waals surface area contributed by atoms with E-state index in [1.165, 1.54) is 0 Å². The van der Waals surface area contributed by atoms with Crippen molar-refractivity contribution in [2.75, 3.05) is 0 Å². The number of hydrogen-bond acceptors (Lipinski definition) is 2. The van der Waals surface area contributed by atoms with Crippen molar-refractivity contribution in [2.45, 2.75) is 58.4 Å². The lowest BCUT2D eigenvalue weighted by Crippen LogP contribution is -2.30. The average molecular weight is 171 g/mol. The summed E-state index contributed by atoms with van der Waals surface area (Å²) >= 11 is 0. The molecule has 0 saturated heterocycles. The molecule has 0 fully saturated rings. The van der Waals surface area contributed by atoms with Gasteiger partial charge in [-0.05, 0) is 12.8 Å². The van der Waals surface area contributed by atoms with Crippen LogP contribution in [0.1, 0.15) is 52.4 Å². The molecule has 2 nitrogen and oxygen atoms in total. The molecule has 0 aromatic carbocycles. The second kappa shape index (κ2) is 7.29. The Hall–Kier alpha value is -0.370. The van der Waals surface area contributed by atoms with E-state index in [1.807, 2.05) is 0 Å². The van der Waals surface area contributed by atoms with Gasteiger partial charge >= 0.3 is 0 Å². The first-order valence-corrected chi connectivity index (χ1v) is 5.00. The largest absolute Gasteiger partial charge is 0.322 e. The van der Waals surface area contributed by atoms with Crippen molar-refractivity contribution in [1.29, 1.82) is 0 Å². The molecule has 72 valence electrons. The molecule has 0 aromatic heterocycles. The topological polar surface area (TPSA) is 43.1 Å². The minimum atomic E-state index is -0.198. The van der Waals surface area contributed by atoms with Crippen LogP contribution in [0.3, 0.4) is 0 Å². The molecular formula is C10H21NO. The SMILES string of the molecule is CCCCC(=O)C(N)CCCC. The molecule has 0 radical (unpaired) electrons. The van der Waals surface area contributed by atoms with Crippen molar-refractivity contribution in [2.24, 2.45) is 5.73 Å². The third-order valence-corrected chi connectivity index (χ3v) is 2.06. The highest BCUT2D eigenvalue weighted by Crippen LogP contribution is 2.04. The van der Waals surface area contributed by atoms with Crippen LogP contribution in [0.2, 0.25) is 0 Å². The molecule has 1 unspecified atom stereocenters. The summed E-state index contributed by atoms with van der Waals surface area (Å²) in [5.74, 6) is 0.241. The number of carbonyl (C=O) groups is 1. The maximum Gasteiger partial charge on any atom is 0.149 e. The zero-order valence-corrected chi connectivity index (χ0v) is 8.31. The van der Waals surface area contributed by atoms with Gasteiger partial charge in [0.15, 0.2) is 0 Å². The molecular weight excluding hydrogens is 150 g/mol. The molecule has 0 rings (SSSR count). The predicted molar refractivity (Wildman–Crippen MR) is 52.0 cm³/mol. The molecule has 0 heterocycles. The molecule has 0 aliphatic carbocycles. The van der Waals surface area contributed by atoms with E-state index in [9.17, 15) is 4.79 Å². The number of Topliss-reactive ketones (excluding diaryl/α,β-unsaturated/α-hetero) is 1. The maximum absolute atomic E-state index is 11.3. The van der Waals surface area contributed by atoms with Gasteiger partial charge in [0.2, 0.25) is 0 Å². The molecule has 0 bridgehead atoms. The normalized spacial score (nSPS) is 12.9. The molecule has 0 aliphatic rings. The van der Waals surface area contributed by atoms with Crippen LogP contribution in [-0.4, -0.2) is 11.8 Å². The predicted octanol–water partition coefficient (Wildman–Crippen LogP) is 2.26. The van der Waals surface area contributed by atoms with Crippen molar-refractivity contribution in [3.05, 3.63) is 0 Å². The first-order valence-electron chi connectivity index (χ1n) is 5.00. The summed E-state index contributed by atoms with van der Waals surface area (Å²) in [4.78, 5) is 11.3. The zero-order chi connectivity index (χ0) is 9.40. The van der Waals surface area contributed by atoms with Crippen molar-refractivity contribution in [3.8, 4) is 0 Å². The number of rotatable bonds is 7. The van der Waals surface area contributed by atoms with Gasteiger partial charge in [-0.25, -0.2) is 0 Å². The van der Waals surface area contributed by atoms with Crippen molar-refractivity contribution < 1.29 is 4.79 Å². The zero-order valence-electron chi connectivity index (χ0n) is 8.31. The first-order chi connectivity index (χ1) is 5.72. The van der Waals surface area contributed by atoms with Gasteiger partial charge in [0, 0.05) is 6.42 Å². The van der Waals surface area contributed by atoms with Gasteiger partial charge in [0.25, 0.3) is 0 Å². The fourth-order valence-electron chi connectivity index (χ4n) is 1.12. The third kappa shape index (κ3) is 5.30.